The summed E-state index contributed by atoms with van der Waals surface area (Å²) in [5.41, 5.74) is 5.48. The Morgan fingerprint density at radius 3 is 2.56 bits per heavy atom. The topological polar surface area (TPSA) is 68.0 Å². The lowest BCUT2D eigenvalue weighted by Gasteiger charge is -2.25. The van der Waals surface area contributed by atoms with Crippen LogP contribution in [-0.4, -0.2) is 15.9 Å². The summed E-state index contributed by atoms with van der Waals surface area (Å²) in [4.78, 5) is 16.1. The van der Waals surface area contributed by atoms with Crippen molar-refractivity contribution in [2.45, 2.75) is 20.3 Å². The highest BCUT2D eigenvalue weighted by molar-refractivity contribution is 7.80. The zero-order chi connectivity index (χ0) is 12.2. The third-order valence-electron chi connectivity index (χ3n) is 2.69. The molecule has 1 rings (SSSR count). The quantitative estimate of drug-likeness (QED) is 0.782. The van der Waals surface area contributed by atoms with Crippen LogP contribution in [0.1, 0.15) is 20.3 Å². The van der Waals surface area contributed by atoms with E-state index in [1.165, 1.54) is 0 Å². The van der Waals surface area contributed by atoms with Gasteiger partial charge in [0, 0.05) is 18.1 Å². The summed E-state index contributed by atoms with van der Waals surface area (Å²) in [7, 11) is 0. The van der Waals surface area contributed by atoms with Crippen LogP contribution < -0.4 is 11.1 Å². The molecule has 0 aliphatic heterocycles. The number of rotatable bonds is 4. The van der Waals surface area contributed by atoms with Crippen LogP contribution in [0.2, 0.25) is 0 Å². The highest BCUT2D eigenvalue weighted by Gasteiger charge is 2.34. The highest BCUT2D eigenvalue weighted by Crippen LogP contribution is 2.23. The van der Waals surface area contributed by atoms with Gasteiger partial charge in [0.05, 0.1) is 10.4 Å². The molecule has 1 aromatic heterocycles. The van der Waals surface area contributed by atoms with E-state index in [0.29, 0.717) is 12.1 Å². The maximum atomic E-state index is 12.0. The maximum absolute atomic E-state index is 12.0. The number of nitrogens with two attached hydrogens (primary N) is 1. The Labute approximate surface area is 100 Å². The standard InChI is InChI=1S/C11H15N3OS/c1-3-11(2,9(12)16)10(15)14-8-4-6-13-7-5-8/h4-7H,3H2,1-2H3,(H2,12,16)(H,13,14,15). The molecule has 1 unspecified atom stereocenters. The van der Waals surface area contributed by atoms with Gasteiger partial charge < -0.3 is 11.1 Å². The van der Waals surface area contributed by atoms with Crippen LogP contribution >= 0.6 is 12.2 Å². The van der Waals surface area contributed by atoms with Crippen molar-refractivity contribution in [2.24, 2.45) is 11.1 Å². The minimum atomic E-state index is -0.807. The summed E-state index contributed by atoms with van der Waals surface area (Å²) in [6.45, 7) is 3.62. The van der Waals surface area contributed by atoms with Gasteiger partial charge in [-0.15, -0.1) is 0 Å². The number of nitrogens with zero attached hydrogens (tertiary/aromatic N) is 1. The molecule has 5 heteroatoms. The van der Waals surface area contributed by atoms with Gasteiger partial charge in [-0.1, -0.05) is 19.1 Å². The van der Waals surface area contributed by atoms with Gasteiger partial charge in [0.25, 0.3) is 0 Å². The second-order valence-corrected chi connectivity index (χ2v) is 4.18. The fourth-order valence-corrected chi connectivity index (χ4v) is 1.39. The molecule has 0 saturated heterocycles. The number of thiocarbonyl (C=S) groups is 1. The Balaban J connectivity index is 2.83. The normalized spacial score (nSPS) is 13.9. The molecular formula is C11H15N3OS. The number of nitrogens with one attached hydrogen (secondary N) is 1. The average Bonchev–Trinajstić information content (AvgIpc) is 2.28. The van der Waals surface area contributed by atoms with Crippen molar-refractivity contribution >= 4 is 28.8 Å². The van der Waals surface area contributed by atoms with Gasteiger partial charge >= 0.3 is 0 Å². The minimum Gasteiger partial charge on any atom is -0.392 e. The van der Waals surface area contributed by atoms with Crippen LogP contribution in [0.25, 0.3) is 0 Å². The van der Waals surface area contributed by atoms with Crippen molar-refractivity contribution in [3.05, 3.63) is 24.5 Å². The van der Waals surface area contributed by atoms with Gasteiger partial charge in [-0.3, -0.25) is 9.78 Å². The fraction of sp³-hybridized carbons (Fsp3) is 0.364. The van der Waals surface area contributed by atoms with Crippen molar-refractivity contribution in [1.29, 1.82) is 0 Å². The molecule has 1 atom stereocenters. The van der Waals surface area contributed by atoms with E-state index >= 15 is 0 Å². The first-order valence-electron chi connectivity index (χ1n) is 5.02. The predicted molar refractivity (Wildman–Crippen MR) is 68.1 cm³/mol. The Morgan fingerprint density at radius 1 is 1.56 bits per heavy atom. The minimum absolute atomic E-state index is 0.186. The Morgan fingerprint density at radius 2 is 2.12 bits per heavy atom. The van der Waals surface area contributed by atoms with Gasteiger partial charge in [-0.2, -0.15) is 0 Å². The van der Waals surface area contributed by atoms with Crippen molar-refractivity contribution < 1.29 is 4.79 Å². The summed E-state index contributed by atoms with van der Waals surface area (Å²) in [6.07, 6.45) is 3.79. The first-order valence-corrected chi connectivity index (χ1v) is 5.43. The molecule has 0 aliphatic carbocycles. The summed E-state index contributed by atoms with van der Waals surface area (Å²) in [6, 6.07) is 3.43. The van der Waals surface area contributed by atoms with Crippen LogP contribution in [0, 0.1) is 5.41 Å². The zero-order valence-corrected chi connectivity index (χ0v) is 10.2. The van der Waals surface area contributed by atoms with Gasteiger partial charge in [0.1, 0.15) is 0 Å². The van der Waals surface area contributed by atoms with Crippen molar-refractivity contribution in [1.82, 2.24) is 4.98 Å². The number of anilines is 1. The lowest BCUT2D eigenvalue weighted by Crippen LogP contribution is -2.43. The zero-order valence-electron chi connectivity index (χ0n) is 9.36. The number of amides is 1. The Bertz CT molecular complexity index is 393. The molecule has 3 N–H and O–H groups in total. The fourth-order valence-electron chi connectivity index (χ4n) is 1.15. The molecule has 86 valence electrons. The molecule has 1 amide bonds. The molecule has 0 fully saturated rings. The molecule has 0 radical (unpaired) electrons. The van der Waals surface area contributed by atoms with E-state index in [-0.39, 0.29) is 10.9 Å². The number of hydrogen-bond donors (Lipinski definition) is 2. The van der Waals surface area contributed by atoms with E-state index in [9.17, 15) is 4.79 Å². The Hall–Kier alpha value is -1.49. The number of carbonyl (C=O) groups excluding carboxylic acids is 1. The van der Waals surface area contributed by atoms with Crippen molar-refractivity contribution in [2.75, 3.05) is 5.32 Å². The SMILES string of the molecule is CCC(C)(C(=O)Nc1ccncc1)C(N)=S. The van der Waals surface area contributed by atoms with Crippen LogP contribution in [-0.2, 0) is 4.79 Å². The summed E-state index contributed by atoms with van der Waals surface area (Å²) in [5, 5.41) is 2.77. The average molecular weight is 237 g/mol. The van der Waals surface area contributed by atoms with Gasteiger partial charge in [-0.25, -0.2) is 0 Å². The number of pyridine rings is 1. The molecule has 0 bridgehead atoms. The van der Waals surface area contributed by atoms with Crippen LogP contribution in [0.5, 0.6) is 0 Å². The van der Waals surface area contributed by atoms with Crippen LogP contribution in [0.3, 0.4) is 0 Å². The summed E-state index contributed by atoms with van der Waals surface area (Å²) < 4.78 is 0. The number of carbonyl (C=O) groups is 1. The molecule has 16 heavy (non-hydrogen) atoms. The molecular weight excluding hydrogens is 222 g/mol. The second-order valence-electron chi connectivity index (χ2n) is 3.74. The summed E-state index contributed by atoms with van der Waals surface area (Å²) >= 11 is 4.93. The molecule has 4 nitrogen and oxygen atoms in total. The van der Waals surface area contributed by atoms with E-state index in [0.717, 1.165) is 0 Å². The molecule has 1 aromatic rings. The van der Waals surface area contributed by atoms with E-state index in [2.05, 4.69) is 10.3 Å². The van der Waals surface area contributed by atoms with Crippen LogP contribution in [0.4, 0.5) is 5.69 Å². The van der Waals surface area contributed by atoms with E-state index < -0.39 is 5.41 Å². The van der Waals surface area contributed by atoms with E-state index in [4.69, 9.17) is 18.0 Å². The second kappa shape index (κ2) is 5.03. The van der Waals surface area contributed by atoms with Crippen molar-refractivity contribution in [3.63, 3.8) is 0 Å². The molecule has 0 spiro atoms. The lowest BCUT2D eigenvalue weighted by atomic mass is 9.86. The van der Waals surface area contributed by atoms with Gasteiger partial charge in [-0.05, 0) is 25.5 Å². The predicted octanol–water partition coefficient (Wildman–Crippen LogP) is 1.72. The first-order chi connectivity index (χ1) is 7.50. The lowest BCUT2D eigenvalue weighted by molar-refractivity contribution is -0.121. The highest BCUT2D eigenvalue weighted by atomic mass is 32.1. The molecule has 1 heterocycles. The monoisotopic (exact) mass is 237 g/mol. The smallest absolute Gasteiger partial charge is 0.237 e. The van der Waals surface area contributed by atoms with E-state index in [1.807, 2.05) is 6.92 Å². The molecule has 0 saturated carbocycles. The van der Waals surface area contributed by atoms with E-state index in [1.54, 1.807) is 31.5 Å². The number of aromatic nitrogens is 1. The largest absolute Gasteiger partial charge is 0.392 e. The molecule has 0 aliphatic rings. The third-order valence-corrected chi connectivity index (χ3v) is 3.14. The summed E-state index contributed by atoms with van der Waals surface area (Å²) in [5.74, 6) is -0.186. The van der Waals surface area contributed by atoms with Crippen LogP contribution in [0.15, 0.2) is 24.5 Å². The third kappa shape index (κ3) is 2.55. The number of hydrogen-bond acceptors (Lipinski definition) is 3. The van der Waals surface area contributed by atoms with Gasteiger partial charge in [0.2, 0.25) is 5.91 Å². The van der Waals surface area contributed by atoms with Crippen molar-refractivity contribution in [3.8, 4) is 0 Å². The van der Waals surface area contributed by atoms with Gasteiger partial charge in [0.15, 0.2) is 0 Å². The first kappa shape index (κ1) is 12.6. The Kier molecular flexibility index (Phi) is 3.95. The molecule has 0 aromatic carbocycles. The maximum Gasteiger partial charge on any atom is 0.237 e.